The van der Waals surface area contributed by atoms with E-state index >= 15 is 0 Å². The summed E-state index contributed by atoms with van der Waals surface area (Å²) in [4.78, 5) is 0. The van der Waals surface area contributed by atoms with Crippen molar-refractivity contribution >= 4 is 23.2 Å². The van der Waals surface area contributed by atoms with Gasteiger partial charge < -0.3 is 11.5 Å². The minimum absolute atomic E-state index is 0.315. The molecule has 0 amide bonds. The van der Waals surface area contributed by atoms with Gasteiger partial charge in [0.15, 0.2) is 5.82 Å². The van der Waals surface area contributed by atoms with Gasteiger partial charge in [-0.2, -0.15) is 10.2 Å². The fraction of sp³-hybridized carbons (Fsp3) is 0.500. The molecule has 0 aliphatic rings. The van der Waals surface area contributed by atoms with Crippen molar-refractivity contribution in [2.45, 2.75) is 39.8 Å². The maximum Gasteiger partial charge on any atom is 0.164 e. The summed E-state index contributed by atoms with van der Waals surface area (Å²) in [6.45, 7) is 8.16. The monoisotopic (exact) mass is 284 g/mol. The van der Waals surface area contributed by atoms with E-state index in [2.05, 4.69) is 24.0 Å². The van der Waals surface area contributed by atoms with E-state index < -0.39 is 0 Å². The minimum atomic E-state index is 0.315. The first-order valence-corrected chi connectivity index (χ1v) is 6.49. The zero-order valence-electron chi connectivity index (χ0n) is 11.7. The normalized spacial score (nSPS) is 10.7. The molecule has 2 heterocycles. The Kier molecular flexibility index (Phi) is 5.23. The number of rotatable bonds is 2. The summed E-state index contributed by atoms with van der Waals surface area (Å²) >= 11 is 5.67. The van der Waals surface area contributed by atoms with Gasteiger partial charge in [-0.1, -0.05) is 11.6 Å². The molecule has 0 saturated carbocycles. The van der Waals surface area contributed by atoms with Gasteiger partial charge in [0.25, 0.3) is 0 Å². The van der Waals surface area contributed by atoms with Gasteiger partial charge in [-0.3, -0.25) is 9.36 Å². The largest absolute Gasteiger partial charge is 0.382 e. The molecule has 6 nitrogen and oxygen atoms in total. The zero-order valence-corrected chi connectivity index (χ0v) is 12.5. The second kappa shape index (κ2) is 6.47. The molecule has 0 aliphatic carbocycles. The highest BCUT2D eigenvalue weighted by Crippen LogP contribution is 2.17. The quantitative estimate of drug-likeness (QED) is 0.887. The maximum atomic E-state index is 5.67. The molecule has 2 aromatic rings. The number of nitrogen functional groups attached to an aromatic ring is 2. The van der Waals surface area contributed by atoms with Gasteiger partial charge in [0.1, 0.15) is 10.8 Å². The average Bonchev–Trinajstić information content (AvgIpc) is 2.88. The van der Waals surface area contributed by atoms with Crippen LogP contribution in [0.2, 0.25) is 5.02 Å². The second-order valence-electron chi connectivity index (χ2n) is 4.75. The van der Waals surface area contributed by atoms with Crippen LogP contribution >= 0.6 is 11.6 Å². The average molecular weight is 285 g/mol. The van der Waals surface area contributed by atoms with E-state index in [1.807, 2.05) is 24.7 Å². The van der Waals surface area contributed by atoms with Crippen LogP contribution in [0, 0.1) is 0 Å². The molecule has 2 rings (SSSR count). The minimum Gasteiger partial charge on any atom is -0.382 e. The van der Waals surface area contributed by atoms with Gasteiger partial charge in [0.05, 0.1) is 0 Å². The van der Waals surface area contributed by atoms with E-state index in [4.69, 9.17) is 23.1 Å². The molecule has 0 aromatic carbocycles. The maximum absolute atomic E-state index is 5.67. The lowest BCUT2D eigenvalue weighted by Crippen LogP contribution is -2.01. The van der Waals surface area contributed by atoms with Crippen molar-refractivity contribution in [2.24, 2.45) is 0 Å². The van der Waals surface area contributed by atoms with E-state index in [-0.39, 0.29) is 0 Å². The Morgan fingerprint density at radius 1 is 1.05 bits per heavy atom. The van der Waals surface area contributed by atoms with Crippen molar-refractivity contribution in [1.82, 2.24) is 19.6 Å². The Morgan fingerprint density at radius 2 is 1.63 bits per heavy atom. The Hall–Kier alpha value is -1.69. The van der Waals surface area contributed by atoms with Crippen LogP contribution in [0.3, 0.4) is 0 Å². The number of anilines is 2. The summed E-state index contributed by atoms with van der Waals surface area (Å²) < 4.78 is 3.56. The smallest absolute Gasteiger partial charge is 0.164 e. The van der Waals surface area contributed by atoms with Crippen LogP contribution in [0.1, 0.15) is 39.8 Å². The Morgan fingerprint density at radius 3 is 1.84 bits per heavy atom. The number of nitrogens with zero attached hydrogens (tertiary/aromatic N) is 4. The van der Waals surface area contributed by atoms with Crippen molar-refractivity contribution in [3.05, 3.63) is 23.5 Å². The fourth-order valence-corrected chi connectivity index (χ4v) is 1.43. The lowest BCUT2D eigenvalue weighted by atomic mass is 10.4. The predicted molar refractivity (Wildman–Crippen MR) is 79.1 cm³/mol. The van der Waals surface area contributed by atoms with Crippen LogP contribution in [0.15, 0.2) is 18.5 Å². The summed E-state index contributed by atoms with van der Waals surface area (Å²) in [5, 5.41) is 8.50. The first-order chi connectivity index (χ1) is 8.81. The molecule has 4 N–H and O–H groups in total. The first-order valence-electron chi connectivity index (χ1n) is 6.12. The molecule has 7 heteroatoms. The summed E-state index contributed by atoms with van der Waals surface area (Å²) in [7, 11) is 0. The van der Waals surface area contributed by atoms with Crippen molar-refractivity contribution in [3.63, 3.8) is 0 Å². The van der Waals surface area contributed by atoms with E-state index in [1.165, 1.54) is 0 Å². The lowest BCUT2D eigenvalue weighted by molar-refractivity contribution is 0.534. The predicted octanol–water partition coefficient (Wildman–Crippen LogP) is 2.75. The van der Waals surface area contributed by atoms with E-state index in [1.54, 1.807) is 16.9 Å². The summed E-state index contributed by atoms with van der Waals surface area (Å²) in [5.41, 5.74) is 10.8. The van der Waals surface area contributed by atoms with Crippen LogP contribution in [-0.4, -0.2) is 19.6 Å². The van der Waals surface area contributed by atoms with Gasteiger partial charge >= 0.3 is 0 Å². The third-order valence-electron chi connectivity index (χ3n) is 2.40. The Bertz CT molecular complexity index is 495. The van der Waals surface area contributed by atoms with Crippen LogP contribution in [-0.2, 0) is 0 Å². The third-order valence-corrected chi connectivity index (χ3v) is 2.69. The number of halogens is 1. The van der Waals surface area contributed by atoms with Gasteiger partial charge in [-0.25, -0.2) is 0 Å². The molecular formula is C12H21ClN6. The highest BCUT2D eigenvalue weighted by Gasteiger charge is 2.03. The zero-order chi connectivity index (χ0) is 14.6. The fourth-order valence-electron chi connectivity index (χ4n) is 1.29. The molecule has 0 saturated heterocycles. The molecule has 0 radical (unpaired) electrons. The summed E-state index contributed by atoms with van der Waals surface area (Å²) in [6, 6.07) is 2.51. The van der Waals surface area contributed by atoms with Gasteiger partial charge in [-0.05, 0) is 33.8 Å². The Labute approximate surface area is 118 Å². The highest BCUT2D eigenvalue weighted by atomic mass is 35.5. The van der Waals surface area contributed by atoms with E-state index in [9.17, 15) is 0 Å². The molecule has 0 aliphatic heterocycles. The molecule has 0 unspecified atom stereocenters. The molecule has 0 atom stereocenters. The SMILES string of the molecule is CC(C)n1cc(Cl)c(N)n1.CC(C)n1ccc(N)n1. The topological polar surface area (TPSA) is 87.7 Å². The van der Waals surface area contributed by atoms with E-state index in [0.717, 1.165) is 0 Å². The standard InChI is InChI=1S/C6H10ClN3.C6H11N3/c1-4(2)10-3-5(7)6(8)9-10;1-5(2)9-4-3-6(7)8-9/h3-4H,1-2H3,(H2,8,9);3-5H,1-2H3,(H2,7,8). The number of hydrogen-bond acceptors (Lipinski definition) is 4. The summed E-state index contributed by atoms with van der Waals surface area (Å²) in [5.74, 6) is 0.985. The highest BCUT2D eigenvalue weighted by molar-refractivity contribution is 6.32. The van der Waals surface area contributed by atoms with Gasteiger partial charge in [0.2, 0.25) is 0 Å². The molecule has 0 bridgehead atoms. The van der Waals surface area contributed by atoms with E-state index in [0.29, 0.717) is 28.7 Å². The molecule has 106 valence electrons. The van der Waals surface area contributed by atoms with Crippen LogP contribution in [0.25, 0.3) is 0 Å². The first kappa shape index (κ1) is 15.4. The third kappa shape index (κ3) is 4.48. The molecule has 19 heavy (non-hydrogen) atoms. The molecular weight excluding hydrogens is 264 g/mol. The number of nitrogens with two attached hydrogens (primary N) is 2. The Balaban J connectivity index is 0.000000191. The number of hydrogen-bond donors (Lipinski definition) is 2. The number of aromatic nitrogens is 4. The van der Waals surface area contributed by atoms with Gasteiger partial charge in [-0.15, -0.1) is 0 Å². The van der Waals surface area contributed by atoms with Gasteiger partial charge in [0, 0.05) is 24.5 Å². The molecule has 0 spiro atoms. The van der Waals surface area contributed by atoms with Crippen LogP contribution in [0.4, 0.5) is 11.6 Å². The lowest BCUT2D eigenvalue weighted by Gasteiger charge is -2.02. The van der Waals surface area contributed by atoms with Crippen molar-refractivity contribution in [2.75, 3.05) is 11.5 Å². The molecule has 2 aromatic heterocycles. The van der Waals surface area contributed by atoms with Crippen molar-refractivity contribution in [1.29, 1.82) is 0 Å². The molecule has 0 fully saturated rings. The van der Waals surface area contributed by atoms with Crippen LogP contribution < -0.4 is 11.5 Å². The van der Waals surface area contributed by atoms with Crippen molar-refractivity contribution < 1.29 is 0 Å². The van der Waals surface area contributed by atoms with Crippen LogP contribution in [0.5, 0.6) is 0 Å². The van der Waals surface area contributed by atoms with Crippen molar-refractivity contribution in [3.8, 4) is 0 Å². The second-order valence-corrected chi connectivity index (χ2v) is 5.16. The summed E-state index contributed by atoms with van der Waals surface area (Å²) in [6.07, 6.45) is 3.60.